The normalized spacial score (nSPS) is 14.3. The van der Waals surface area contributed by atoms with E-state index in [-0.39, 0.29) is 5.91 Å². The molecule has 0 atom stereocenters. The maximum atomic E-state index is 10.8. The number of carbonyl (C=O) groups excluding carboxylic acids is 1. The number of hydrogen-bond donors (Lipinski definition) is 1. The molecule has 1 aliphatic heterocycles. The van der Waals surface area contributed by atoms with E-state index in [2.05, 4.69) is 22.9 Å². The molecule has 0 aliphatic carbocycles. The van der Waals surface area contributed by atoms with E-state index in [1.807, 2.05) is 18.4 Å². The number of carbonyl (C=O) groups is 1. The van der Waals surface area contributed by atoms with E-state index < -0.39 is 0 Å². The van der Waals surface area contributed by atoms with Gasteiger partial charge in [0.2, 0.25) is 5.91 Å². The Kier molecular flexibility index (Phi) is 3.82. The Balaban J connectivity index is 2.12. The van der Waals surface area contributed by atoms with E-state index in [0.29, 0.717) is 6.54 Å². The van der Waals surface area contributed by atoms with Gasteiger partial charge in [0.15, 0.2) is 0 Å². The van der Waals surface area contributed by atoms with E-state index in [1.165, 1.54) is 6.08 Å². The third kappa shape index (κ3) is 3.60. The molecule has 0 radical (unpaired) electrons. The molecule has 1 amide bonds. The second-order valence-corrected chi connectivity index (χ2v) is 2.76. The Morgan fingerprint density at radius 3 is 3.08 bits per heavy atom. The van der Waals surface area contributed by atoms with E-state index in [9.17, 15) is 4.79 Å². The number of hydrogen-bond acceptors (Lipinski definition) is 2. The van der Waals surface area contributed by atoms with E-state index in [4.69, 9.17) is 0 Å². The molecule has 1 heterocycles. The molecular weight excluding hydrogens is 164 g/mol. The van der Waals surface area contributed by atoms with Crippen LogP contribution in [0.1, 0.15) is 0 Å². The summed E-state index contributed by atoms with van der Waals surface area (Å²) in [7, 11) is 0. The molecule has 0 aromatic carbocycles. The smallest absolute Gasteiger partial charge is 0.243 e. The lowest BCUT2D eigenvalue weighted by molar-refractivity contribution is -0.116. The summed E-state index contributed by atoms with van der Waals surface area (Å²) in [6.45, 7) is 5.78. The highest BCUT2D eigenvalue weighted by molar-refractivity contribution is 5.86. The lowest BCUT2D eigenvalue weighted by atomic mass is 10.3. The summed E-state index contributed by atoms with van der Waals surface area (Å²) in [5.41, 5.74) is 0. The van der Waals surface area contributed by atoms with Crippen molar-refractivity contribution in [2.45, 2.75) is 0 Å². The lowest BCUT2D eigenvalue weighted by Crippen LogP contribution is -2.32. The number of nitrogens with one attached hydrogen (secondary N) is 1. The zero-order valence-electron chi connectivity index (χ0n) is 7.57. The third-order valence-corrected chi connectivity index (χ3v) is 1.77. The van der Waals surface area contributed by atoms with Gasteiger partial charge in [-0.1, -0.05) is 18.7 Å². The molecule has 1 aliphatic rings. The standard InChI is InChI=1S/C10H14N2O/c1-2-10(13)11-6-9-12-7-4-3-5-8-12/h2-5,7H,1,6,8-9H2,(H,11,13). The van der Waals surface area contributed by atoms with Crippen LogP contribution < -0.4 is 5.32 Å². The fourth-order valence-corrected chi connectivity index (χ4v) is 1.07. The number of amides is 1. The maximum absolute atomic E-state index is 10.8. The molecule has 0 fully saturated rings. The number of rotatable bonds is 4. The first-order valence-corrected chi connectivity index (χ1v) is 4.30. The summed E-state index contributed by atoms with van der Waals surface area (Å²) in [6.07, 6.45) is 9.37. The van der Waals surface area contributed by atoms with Crippen LogP contribution in [0.25, 0.3) is 0 Å². The average molecular weight is 178 g/mol. The highest BCUT2D eigenvalue weighted by atomic mass is 16.1. The largest absolute Gasteiger partial charge is 0.372 e. The molecular formula is C10H14N2O. The summed E-state index contributed by atoms with van der Waals surface area (Å²) in [4.78, 5) is 12.9. The number of nitrogens with zero attached hydrogens (tertiary/aromatic N) is 1. The molecule has 3 nitrogen and oxygen atoms in total. The van der Waals surface area contributed by atoms with Gasteiger partial charge < -0.3 is 10.2 Å². The molecule has 0 saturated carbocycles. The van der Waals surface area contributed by atoms with Crippen molar-refractivity contribution in [1.82, 2.24) is 10.2 Å². The second kappa shape index (κ2) is 5.19. The Morgan fingerprint density at radius 2 is 2.46 bits per heavy atom. The quantitative estimate of drug-likeness (QED) is 0.642. The fraction of sp³-hybridized carbons (Fsp3) is 0.300. The van der Waals surface area contributed by atoms with Crippen LogP contribution in [-0.2, 0) is 4.79 Å². The van der Waals surface area contributed by atoms with Gasteiger partial charge in [0.1, 0.15) is 0 Å². The zero-order valence-corrected chi connectivity index (χ0v) is 7.57. The van der Waals surface area contributed by atoms with Crippen LogP contribution in [-0.4, -0.2) is 30.4 Å². The second-order valence-electron chi connectivity index (χ2n) is 2.76. The molecule has 0 aromatic rings. The Labute approximate surface area is 78.4 Å². The van der Waals surface area contributed by atoms with Crippen molar-refractivity contribution >= 4 is 5.91 Å². The average Bonchev–Trinajstić information content (AvgIpc) is 2.19. The Hall–Kier alpha value is -1.51. The van der Waals surface area contributed by atoms with Gasteiger partial charge in [0.05, 0.1) is 0 Å². The van der Waals surface area contributed by atoms with Crippen molar-refractivity contribution in [2.24, 2.45) is 0 Å². The van der Waals surface area contributed by atoms with Crippen molar-refractivity contribution in [1.29, 1.82) is 0 Å². The van der Waals surface area contributed by atoms with Crippen LogP contribution in [0.4, 0.5) is 0 Å². The first kappa shape index (κ1) is 9.58. The number of allylic oxidation sites excluding steroid dienone is 2. The lowest BCUT2D eigenvalue weighted by Gasteiger charge is -2.20. The molecule has 3 heteroatoms. The van der Waals surface area contributed by atoms with Gasteiger partial charge in [-0.25, -0.2) is 0 Å². The van der Waals surface area contributed by atoms with E-state index >= 15 is 0 Å². The minimum Gasteiger partial charge on any atom is -0.372 e. The third-order valence-electron chi connectivity index (χ3n) is 1.77. The van der Waals surface area contributed by atoms with Crippen molar-refractivity contribution in [3.05, 3.63) is 37.1 Å². The summed E-state index contributed by atoms with van der Waals surface area (Å²) >= 11 is 0. The molecule has 13 heavy (non-hydrogen) atoms. The van der Waals surface area contributed by atoms with Gasteiger partial charge in [-0.3, -0.25) is 4.79 Å². The molecule has 0 bridgehead atoms. The predicted octanol–water partition coefficient (Wildman–Crippen LogP) is 0.674. The van der Waals surface area contributed by atoms with Gasteiger partial charge in [0, 0.05) is 19.6 Å². The molecule has 70 valence electrons. The van der Waals surface area contributed by atoms with Gasteiger partial charge in [0.25, 0.3) is 0 Å². The van der Waals surface area contributed by atoms with Gasteiger partial charge >= 0.3 is 0 Å². The van der Waals surface area contributed by atoms with E-state index in [0.717, 1.165) is 13.1 Å². The molecule has 1 rings (SSSR count). The van der Waals surface area contributed by atoms with Crippen LogP contribution in [0.3, 0.4) is 0 Å². The van der Waals surface area contributed by atoms with Gasteiger partial charge in [-0.15, -0.1) is 0 Å². The zero-order chi connectivity index (χ0) is 9.52. The van der Waals surface area contributed by atoms with Crippen LogP contribution in [0.15, 0.2) is 37.1 Å². The summed E-state index contributed by atoms with van der Waals surface area (Å²) in [6, 6.07) is 0. The van der Waals surface area contributed by atoms with Crippen molar-refractivity contribution in [3.63, 3.8) is 0 Å². The van der Waals surface area contributed by atoms with Gasteiger partial charge in [-0.05, 0) is 18.4 Å². The Morgan fingerprint density at radius 1 is 1.62 bits per heavy atom. The molecule has 1 N–H and O–H groups in total. The fourth-order valence-electron chi connectivity index (χ4n) is 1.07. The minimum absolute atomic E-state index is 0.114. The SMILES string of the molecule is C=CC(=O)NCCN1C=CC=CC1. The molecule has 0 saturated heterocycles. The topological polar surface area (TPSA) is 32.3 Å². The van der Waals surface area contributed by atoms with Crippen molar-refractivity contribution in [2.75, 3.05) is 19.6 Å². The summed E-state index contributed by atoms with van der Waals surface area (Å²) in [5.74, 6) is -0.114. The minimum atomic E-state index is -0.114. The molecule has 0 aromatic heterocycles. The van der Waals surface area contributed by atoms with Crippen LogP contribution >= 0.6 is 0 Å². The highest BCUT2D eigenvalue weighted by Gasteiger charge is 1.99. The predicted molar refractivity (Wildman–Crippen MR) is 53.1 cm³/mol. The summed E-state index contributed by atoms with van der Waals surface area (Å²) in [5, 5.41) is 2.72. The van der Waals surface area contributed by atoms with Crippen LogP contribution in [0, 0.1) is 0 Å². The monoisotopic (exact) mass is 178 g/mol. The maximum Gasteiger partial charge on any atom is 0.243 e. The first-order chi connectivity index (χ1) is 6.33. The van der Waals surface area contributed by atoms with Crippen molar-refractivity contribution < 1.29 is 4.79 Å². The molecule has 0 spiro atoms. The van der Waals surface area contributed by atoms with Crippen LogP contribution in [0.5, 0.6) is 0 Å². The Bertz CT molecular complexity index is 243. The first-order valence-electron chi connectivity index (χ1n) is 4.30. The summed E-state index contributed by atoms with van der Waals surface area (Å²) < 4.78 is 0. The highest BCUT2D eigenvalue weighted by Crippen LogP contribution is 1.96. The molecule has 0 unspecified atom stereocenters. The van der Waals surface area contributed by atoms with Crippen molar-refractivity contribution in [3.8, 4) is 0 Å². The van der Waals surface area contributed by atoms with Crippen LogP contribution in [0.2, 0.25) is 0 Å². The van der Waals surface area contributed by atoms with E-state index in [1.54, 1.807) is 0 Å². The van der Waals surface area contributed by atoms with Gasteiger partial charge in [-0.2, -0.15) is 0 Å².